The molecule has 0 atom stereocenters. The number of aromatic nitrogens is 1. The molecule has 2 aromatic rings. The van der Waals surface area contributed by atoms with Crippen LogP contribution in [0.4, 0.5) is 0 Å². The molecule has 0 aliphatic carbocycles. The van der Waals surface area contributed by atoms with E-state index >= 15 is 0 Å². The molecule has 2 heterocycles. The SMILES string of the molecule is Cc1ccc2[nH]c3c(c2c1)CN(C)C3. The van der Waals surface area contributed by atoms with Crippen molar-refractivity contribution in [2.75, 3.05) is 7.05 Å². The van der Waals surface area contributed by atoms with Gasteiger partial charge in [-0.15, -0.1) is 0 Å². The molecule has 0 saturated carbocycles. The van der Waals surface area contributed by atoms with Gasteiger partial charge < -0.3 is 4.98 Å². The van der Waals surface area contributed by atoms with Gasteiger partial charge in [0.1, 0.15) is 0 Å². The maximum Gasteiger partial charge on any atom is 0.0460 e. The maximum absolute atomic E-state index is 3.49. The number of hydrogen-bond donors (Lipinski definition) is 1. The number of fused-ring (bicyclic) bond motifs is 3. The first kappa shape index (κ1) is 8.06. The highest BCUT2D eigenvalue weighted by atomic mass is 15.1. The third kappa shape index (κ3) is 1.01. The lowest BCUT2D eigenvalue weighted by Crippen LogP contribution is -2.08. The summed E-state index contributed by atoms with van der Waals surface area (Å²) >= 11 is 0. The topological polar surface area (TPSA) is 19.0 Å². The molecule has 0 radical (unpaired) electrons. The highest BCUT2D eigenvalue weighted by Gasteiger charge is 2.20. The fourth-order valence-electron chi connectivity index (χ4n) is 2.33. The number of nitrogens with zero attached hydrogens (tertiary/aromatic N) is 1. The van der Waals surface area contributed by atoms with Crippen molar-refractivity contribution in [3.05, 3.63) is 35.0 Å². The Morgan fingerprint density at radius 1 is 1.29 bits per heavy atom. The minimum Gasteiger partial charge on any atom is -0.357 e. The van der Waals surface area contributed by atoms with Gasteiger partial charge in [0.15, 0.2) is 0 Å². The Kier molecular flexibility index (Phi) is 1.50. The van der Waals surface area contributed by atoms with Gasteiger partial charge in [-0.25, -0.2) is 0 Å². The minimum atomic E-state index is 1.06. The van der Waals surface area contributed by atoms with E-state index in [9.17, 15) is 0 Å². The largest absolute Gasteiger partial charge is 0.357 e. The van der Waals surface area contributed by atoms with Gasteiger partial charge >= 0.3 is 0 Å². The van der Waals surface area contributed by atoms with Crippen LogP contribution in [-0.2, 0) is 13.1 Å². The fourth-order valence-corrected chi connectivity index (χ4v) is 2.33. The van der Waals surface area contributed by atoms with Gasteiger partial charge in [-0.2, -0.15) is 0 Å². The molecule has 2 heteroatoms. The Balaban J connectivity index is 2.30. The van der Waals surface area contributed by atoms with Crippen LogP contribution in [-0.4, -0.2) is 16.9 Å². The van der Waals surface area contributed by atoms with Crippen LogP contribution in [0.15, 0.2) is 18.2 Å². The van der Waals surface area contributed by atoms with E-state index in [2.05, 4.69) is 42.1 Å². The zero-order chi connectivity index (χ0) is 9.71. The van der Waals surface area contributed by atoms with E-state index in [0.29, 0.717) is 0 Å². The van der Waals surface area contributed by atoms with Crippen molar-refractivity contribution >= 4 is 10.9 Å². The summed E-state index contributed by atoms with van der Waals surface area (Å²) < 4.78 is 0. The number of benzene rings is 1. The predicted octanol–water partition coefficient (Wildman–Crippen LogP) is 2.42. The van der Waals surface area contributed by atoms with Crippen molar-refractivity contribution in [2.45, 2.75) is 20.0 Å². The lowest BCUT2D eigenvalue weighted by atomic mass is 10.1. The Morgan fingerprint density at radius 2 is 2.14 bits per heavy atom. The van der Waals surface area contributed by atoms with E-state index in [-0.39, 0.29) is 0 Å². The fraction of sp³-hybridized carbons (Fsp3) is 0.333. The van der Waals surface area contributed by atoms with Gasteiger partial charge in [0.05, 0.1) is 0 Å². The normalized spacial score (nSPS) is 16.4. The molecule has 0 spiro atoms. The lowest BCUT2D eigenvalue weighted by molar-refractivity contribution is 0.351. The molecule has 3 rings (SSSR count). The van der Waals surface area contributed by atoms with E-state index in [1.807, 2.05) is 0 Å². The number of nitrogens with one attached hydrogen (secondary N) is 1. The third-order valence-electron chi connectivity index (χ3n) is 3.01. The first-order valence-corrected chi connectivity index (χ1v) is 5.02. The van der Waals surface area contributed by atoms with Crippen LogP contribution in [0.2, 0.25) is 0 Å². The van der Waals surface area contributed by atoms with Crippen LogP contribution in [0.3, 0.4) is 0 Å². The molecule has 72 valence electrons. The molecule has 0 amide bonds. The standard InChI is InChI=1S/C12H14N2/c1-8-3-4-11-9(5-8)10-6-14(2)7-12(10)13-11/h3-5,13H,6-7H2,1-2H3. The quantitative estimate of drug-likeness (QED) is 0.669. The van der Waals surface area contributed by atoms with Crippen LogP contribution < -0.4 is 0 Å². The molecule has 1 aliphatic heterocycles. The van der Waals surface area contributed by atoms with Crippen molar-refractivity contribution in [1.82, 2.24) is 9.88 Å². The van der Waals surface area contributed by atoms with Crippen LogP contribution >= 0.6 is 0 Å². The van der Waals surface area contributed by atoms with Gasteiger partial charge in [-0.05, 0) is 31.7 Å². The second kappa shape index (κ2) is 2.61. The molecule has 0 saturated heterocycles. The number of aryl methyl sites for hydroxylation is 1. The number of rotatable bonds is 0. The van der Waals surface area contributed by atoms with Gasteiger partial charge in [0, 0.05) is 29.7 Å². The molecular weight excluding hydrogens is 172 g/mol. The summed E-state index contributed by atoms with van der Waals surface area (Å²) in [4.78, 5) is 5.83. The summed E-state index contributed by atoms with van der Waals surface area (Å²) in [5.74, 6) is 0. The maximum atomic E-state index is 3.49. The lowest BCUT2D eigenvalue weighted by Gasteiger charge is -2.05. The second-order valence-electron chi connectivity index (χ2n) is 4.30. The molecule has 1 aliphatic rings. The van der Waals surface area contributed by atoms with E-state index in [0.717, 1.165) is 13.1 Å². The zero-order valence-electron chi connectivity index (χ0n) is 8.59. The monoisotopic (exact) mass is 186 g/mol. The van der Waals surface area contributed by atoms with E-state index < -0.39 is 0 Å². The Hall–Kier alpha value is -1.28. The summed E-state index contributed by atoms with van der Waals surface area (Å²) in [6.07, 6.45) is 0. The van der Waals surface area contributed by atoms with Crippen LogP contribution in [0.1, 0.15) is 16.8 Å². The molecule has 1 N–H and O–H groups in total. The Morgan fingerprint density at radius 3 is 3.00 bits per heavy atom. The van der Waals surface area contributed by atoms with Gasteiger partial charge in [0.2, 0.25) is 0 Å². The summed E-state index contributed by atoms with van der Waals surface area (Å²) in [5.41, 5.74) is 5.52. The van der Waals surface area contributed by atoms with Crippen molar-refractivity contribution < 1.29 is 0 Å². The molecule has 1 aromatic heterocycles. The van der Waals surface area contributed by atoms with Crippen molar-refractivity contribution in [1.29, 1.82) is 0 Å². The smallest absolute Gasteiger partial charge is 0.0460 e. The summed E-state index contributed by atoms with van der Waals surface area (Å²) in [6.45, 7) is 4.29. The molecule has 14 heavy (non-hydrogen) atoms. The summed E-state index contributed by atoms with van der Waals surface area (Å²) in [5, 5.41) is 1.41. The van der Waals surface area contributed by atoms with Crippen molar-refractivity contribution in [2.24, 2.45) is 0 Å². The Bertz CT molecular complexity index is 496. The van der Waals surface area contributed by atoms with Gasteiger partial charge in [-0.1, -0.05) is 11.6 Å². The molecular formula is C12H14N2. The molecule has 0 unspecified atom stereocenters. The van der Waals surface area contributed by atoms with Crippen molar-refractivity contribution in [3.8, 4) is 0 Å². The van der Waals surface area contributed by atoms with Gasteiger partial charge in [0.25, 0.3) is 0 Å². The average Bonchev–Trinajstić information content (AvgIpc) is 2.62. The number of aromatic amines is 1. The first-order valence-electron chi connectivity index (χ1n) is 5.02. The highest BCUT2D eigenvalue weighted by Crippen LogP contribution is 2.29. The zero-order valence-corrected chi connectivity index (χ0v) is 8.59. The minimum absolute atomic E-state index is 1.06. The van der Waals surface area contributed by atoms with Crippen LogP contribution in [0, 0.1) is 6.92 Å². The summed E-state index contributed by atoms with van der Waals surface area (Å²) in [6, 6.07) is 6.63. The Labute approximate surface area is 83.5 Å². The highest BCUT2D eigenvalue weighted by molar-refractivity contribution is 5.85. The molecule has 0 bridgehead atoms. The van der Waals surface area contributed by atoms with Gasteiger partial charge in [-0.3, -0.25) is 4.90 Å². The summed E-state index contributed by atoms with van der Waals surface area (Å²) in [7, 11) is 2.16. The molecule has 2 nitrogen and oxygen atoms in total. The molecule has 0 fully saturated rings. The van der Waals surface area contributed by atoms with Crippen LogP contribution in [0.25, 0.3) is 10.9 Å². The third-order valence-corrected chi connectivity index (χ3v) is 3.01. The van der Waals surface area contributed by atoms with Crippen LogP contribution in [0.5, 0.6) is 0 Å². The number of hydrogen-bond acceptors (Lipinski definition) is 1. The predicted molar refractivity (Wildman–Crippen MR) is 58.2 cm³/mol. The second-order valence-corrected chi connectivity index (χ2v) is 4.30. The average molecular weight is 186 g/mol. The van der Waals surface area contributed by atoms with E-state index in [1.165, 1.54) is 27.7 Å². The number of H-pyrrole nitrogens is 1. The van der Waals surface area contributed by atoms with E-state index in [4.69, 9.17) is 0 Å². The first-order chi connectivity index (χ1) is 6.74. The van der Waals surface area contributed by atoms with Crippen molar-refractivity contribution in [3.63, 3.8) is 0 Å². The van der Waals surface area contributed by atoms with E-state index in [1.54, 1.807) is 0 Å². The molecule has 1 aromatic carbocycles.